The number of nitrogens with zero attached hydrogens (tertiary/aromatic N) is 3. The number of aromatic nitrogens is 3. The average molecular weight is 330 g/mol. The van der Waals surface area contributed by atoms with Crippen molar-refractivity contribution in [3.8, 4) is 10.8 Å². The standard InChI is InChI=1S/C16H15FN4OS/c17-12-4-2-11(3-5-12)14(22)9-18-8-13-10-23-16(21-13)15-19-6-1-7-20-15/h1-7,10,14,18,22H,8-9H2. The minimum atomic E-state index is -0.689. The summed E-state index contributed by atoms with van der Waals surface area (Å²) in [5.74, 6) is 0.294. The predicted molar refractivity (Wildman–Crippen MR) is 86.2 cm³/mol. The van der Waals surface area contributed by atoms with Crippen molar-refractivity contribution >= 4 is 11.3 Å². The SMILES string of the molecule is OC(CNCc1csc(-c2ncccn2)n1)c1ccc(F)cc1. The van der Waals surface area contributed by atoms with Crippen LogP contribution in [0.1, 0.15) is 17.4 Å². The normalized spacial score (nSPS) is 12.3. The zero-order valence-electron chi connectivity index (χ0n) is 12.2. The van der Waals surface area contributed by atoms with Gasteiger partial charge < -0.3 is 10.4 Å². The first kappa shape index (κ1) is 15.7. The summed E-state index contributed by atoms with van der Waals surface area (Å²) in [7, 11) is 0. The van der Waals surface area contributed by atoms with Gasteiger partial charge in [-0.1, -0.05) is 12.1 Å². The van der Waals surface area contributed by atoms with Crippen LogP contribution in [0.25, 0.3) is 10.8 Å². The molecule has 2 N–H and O–H groups in total. The van der Waals surface area contributed by atoms with E-state index in [2.05, 4.69) is 20.3 Å². The highest BCUT2D eigenvalue weighted by Crippen LogP contribution is 2.19. The van der Waals surface area contributed by atoms with E-state index < -0.39 is 6.10 Å². The van der Waals surface area contributed by atoms with Gasteiger partial charge in [0, 0.05) is 30.9 Å². The van der Waals surface area contributed by atoms with Gasteiger partial charge >= 0.3 is 0 Å². The summed E-state index contributed by atoms with van der Waals surface area (Å²) in [6.07, 6.45) is 2.67. The second kappa shape index (κ2) is 7.36. The Morgan fingerprint density at radius 1 is 1.17 bits per heavy atom. The molecule has 2 aromatic heterocycles. The molecule has 0 amide bonds. The van der Waals surface area contributed by atoms with Crippen LogP contribution in [0.3, 0.4) is 0 Å². The smallest absolute Gasteiger partial charge is 0.188 e. The Hall–Kier alpha value is -2.22. The quantitative estimate of drug-likeness (QED) is 0.727. The zero-order valence-corrected chi connectivity index (χ0v) is 13.0. The Morgan fingerprint density at radius 3 is 2.65 bits per heavy atom. The summed E-state index contributed by atoms with van der Waals surface area (Å²) in [4.78, 5) is 12.8. The van der Waals surface area contributed by atoms with Gasteiger partial charge in [-0.25, -0.2) is 19.3 Å². The van der Waals surface area contributed by atoms with Crippen molar-refractivity contribution in [2.45, 2.75) is 12.6 Å². The maximum atomic E-state index is 12.9. The van der Waals surface area contributed by atoms with E-state index in [0.29, 0.717) is 24.5 Å². The van der Waals surface area contributed by atoms with Crippen molar-refractivity contribution in [2.24, 2.45) is 0 Å². The van der Waals surface area contributed by atoms with Gasteiger partial charge in [0.05, 0.1) is 11.8 Å². The summed E-state index contributed by atoms with van der Waals surface area (Å²) in [5.41, 5.74) is 1.54. The molecule has 0 fully saturated rings. The lowest BCUT2D eigenvalue weighted by Gasteiger charge is -2.11. The number of aliphatic hydroxyl groups is 1. The Morgan fingerprint density at radius 2 is 1.91 bits per heavy atom. The van der Waals surface area contributed by atoms with Crippen LogP contribution in [-0.2, 0) is 6.54 Å². The molecular weight excluding hydrogens is 315 g/mol. The third-order valence-electron chi connectivity index (χ3n) is 3.21. The van der Waals surface area contributed by atoms with Crippen LogP contribution in [0, 0.1) is 5.82 Å². The number of nitrogens with one attached hydrogen (secondary N) is 1. The van der Waals surface area contributed by atoms with Crippen molar-refractivity contribution in [1.82, 2.24) is 20.3 Å². The second-order valence-electron chi connectivity index (χ2n) is 4.91. The molecule has 1 atom stereocenters. The number of halogens is 1. The first-order valence-corrected chi connectivity index (χ1v) is 7.96. The number of hydrogen-bond donors (Lipinski definition) is 2. The summed E-state index contributed by atoms with van der Waals surface area (Å²) in [6, 6.07) is 7.59. The Bertz CT molecular complexity index is 748. The van der Waals surface area contributed by atoms with Gasteiger partial charge in [-0.05, 0) is 23.8 Å². The van der Waals surface area contributed by atoms with Crippen molar-refractivity contribution in [3.05, 3.63) is 65.2 Å². The number of rotatable bonds is 6. The van der Waals surface area contributed by atoms with Gasteiger partial charge in [0.25, 0.3) is 0 Å². The minimum Gasteiger partial charge on any atom is -0.387 e. The van der Waals surface area contributed by atoms with Crippen LogP contribution < -0.4 is 5.32 Å². The highest BCUT2D eigenvalue weighted by Gasteiger charge is 2.09. The van der Waals surface area contributed by atoms with Gasteiger partial charge in [-0.15, -0.1) is 11.3 Å². The fourth-order valence-corrected chi connectivity index (χ4v) is 2.80. The van der Waals surface area contributed by atoms with Gasteiger partial charge in [-0.3, -0.25) is 0 Å². The van der Waals surface area contributed by atoms with E-state index in [0.717, 1.165) is 10.7 Å². The van der Waals surface area contributed by atoms with Crippen LogP contribution in [0.2, 0.25) is 0 Å². The largest absolute Gasteiger partial charge is 0.387 e. The molecular formula is C16H15FN4OS. The molecule has 5 nitrogen and oxygen atoms in total. The van der Waals surface area contributed by atoms with E-state index in [1.54, 1.807) is 30.6 Å². The van der Waals surface area contributed by atoms with Crippen LogP contribution in [0.15, 0.2) is 48.1 Å². The average Bonchev–Trinajstić information content (AvgIpc) is 3.05. The molecule has 0 radical (unpaired) electrons. The highest BCUT2D eigenvalue weighted by atomic mass is 32.1. The van der Waals surface area contributed by atoms with Gasteiger partial charge in [-0.2, -0.15) is 0 Å². The molecule has 23 heavy (non-hydrogen) atoms. The van der Waals surface area contributed by atoms with E-state index in [4.69, 9.17) is 0 Å². The highest BCUT2D eigenvalue weighted by molar-refractivity contribution is 7.13. The van der Waals surface area contributed by atoms with Crippen LogP contribution >= 0.6 is 11.3 Å². The maximum Gasteiger partial charge on any atom is 0.188 e. The summed E-state index contributed by atoms with van der Waals surface area (Å²) in [5, 5.41) is 15.9. The number of hydrogen-bond acceptors (Lipinski definition) is 6. The van der Waals surface area contributed by atoms with E-state index in [9.17, 15) is 9.50 Å². The molecule has 0 aliphatic rings. The molecule has 3 rings (SSSR count). The minimum absolute atomic E-state index is 0.313. The molecule has 7 heteroatoms. The molecule has 0 aliphatic heterocycles. The molecule has 2 heterocycles. The topological polar surface area (TPSA) is 70.9 Å². The Labute approximate surface area is 136 Å². The molecule has 0 spiro atoms. The van der Waals surface area contributed by atoms with Crippen molar-refractivity contribution < 1.29 is 9.50 Å². The van der Waals surface area contributed by atoms with Crippen molar-refractivity contribution in [1.29, 1.82) is 0 Å². The van der Waals surface area contributed by atoms with Gasteiger partial charge in [0.15, 0.2) is 10.8 Å². The molecule has 0 saturated carbocycles. The second-order valence-corrected chi connectivity index (χ2v) is 5.77. The Kier molecular flexibility index (Phi) is 5.02. The lowest BCUT2D eigenvalue weighted by atomic mass is 10.1. The molecule has 0 saturated heterocycles. The number of thiazole rings is 1. The van der Waals surface area contributed by atoms with Crippen molar-refractivity contribution in [3.63, 3.8) is 0 Å². The molecule has 3 aromatic rings. The fraction of sp³-hybridized carbons (Fsp3) is 0.188. The summed E-state index contributed by atoms with van der Waals surface area (Å²) in [6.45, 7) is 0.891. The van der Waals surface area contributed by atoms with Crippen LogP contribution in [0.5, 0.6) is 0 Å². The zero-order chi connectivity index (χ0) is 16.1. The number of aliphatic hydroxyl groups excluding tert-OH is 1. The van der Waals surface area contributed by atoms with Crippen molar-refractivity contribution in [2.75, 3.05) is 6.54 Å². The summed E-state index contributed by atoms with van der Waals surface area (Å²) < 4.78 is 12.9. The van der Waals surface area contributed by atoms with Gasteiger partial charge in [0.1, 0.15) is 5.82 Å². The lowest BCUT2D eigenvalue weighted by molar-refractivity contribution is 0.174. The summed E-state index contributed by atoms with van der Waals surface area (Å²) >= 11 is 1.48. The Balaban J connectivity index is 1.53. The third kappa shape index (κ3) is 4.16. The molecule has 118 valence electrons. The van der Waals surface area contributed by atoms with Gasteiger partial charge in [0.2, 0.25) is 0 Å². The van der Waals surface area contributed by atoms with Crippen LogP contribution in [-0.4, -0.2) is 26.6 Å². The molecule has 0 aliphatic carbocycles. The maximum absolute atomic E-state index is 12.9. The number of benzene rings is 1. The van der Waals surface area contributed by atoms with Crippen LogP contribution in [0.4, 0.5) is 4.39 Å². The monoisotopic (exact) mass is 330 g/mol. The first-order valence-electron chi connectivity index (χ1n) is 7.08. The van der Waals surface area contributed by atoms with E-state index >= 15 is 0 Å². The van der Waals surface area contributed by atoms with E-state index in [1.807, 2.05) is 5.38 Å². The molecule has 1 unspecified atom stereocenters. The first-order chi connectivity index (χ1) is 11.2. The lowest BCUT2D eigenvalue weighted by Crippen LogP contribution is -2.21. The fourth-order valence-electron chi connectivity index (χ4n) is 2.04. The molecule has 0 bridgehead atoms. The molecule has 1 aromatic carbocycles. The van der Waals surface area contributed by atoms with E-state index in [1.165, 1.54) is 23.5 Å². The predicted octanol–water partition coefficient (Wildman–Crippen LogP) is 2.56. The van der Waals surface area contributed by atoms with E-state index in [-0.39, 0.29) is 5.82 Å². The third-order valence-corrected chi connectivity index (χ3v) is 4.09.